The molecule has 104 valence electrons. The number of rotatable bonds is 5. The van der Waals surface area contributed by atoms with Crippen LogP contribution in [-0.4, -0.2) is 32.7 Å². The second-order valence-corrected chi connectivity index (χ2v) is 4.97. The fourth-order valence-corrected chi connectivity index (χ4v) is 1.59. The van der Waals surface area contributed by atoms with E-state index in [0.717, 1.165) is 6.07 Å². The lowest BCUT2D eigenvalue weighted by Gasteiger charge is -2.25. The lowest BCUT2D eigenvalue weighted by atomic mass is 9.97. The smallest absolute Gasteiger partial charge is 0.303 e. The Morgan fingerprint density at radius 3 is 2.16 bits per heavy atom. The maximum absolute atomic E-state index is 11.9. The van der Waals surface area contributed by atoms with Crippen LogP contribution in [0.2, 0.25) is 0 Å². The van der Waals surface area contributed by atoms with E-state index in [-0.39, 0.29) is 29.9 Å². The second kappa shape index (κ2) is 5.60. The Labute approximate surface area is 110 Å². The Hall–Kier alpha value is -2.24. The number of carbonyl (C=O) groups excluding carboxylic acids is 1. The number of phenolic OH excluding ortho intramolecular Hbond substituents is 2. The summed E-state index contributed by atoms with van der Waals surface area (Å²) in [5, 5.41) is 29.9. The molecule has 0 aliphatic rings. The van der Waals surface area contributed by atoms with E-state index in [0.29, 0.717) is 0 Å². The van der Waals surface area contributed by atoms with Crippen LogP contribution in [-0.2, 0) is 4.79 Å². The maximum Gasteiger partial charge on any atom is 0.303 e. The average Bonchev–Trinajstić information content (AvgIpc) is 2.24. The summed E-state index contributed by atoms with van der Waals surface area (Å²) in [6.45, 7) is 3.41. The van der Waals surface area contributed by atoms with Gasteiger partial charge in [0.05, 0.1) is 0 Å². The molecule has 19 heavy (non-hydrogen) atoms. The van der Waals surface area contributed by atoms with E-state index in [1.54, 1.807) is 13.8 Å². The molecule has 6 nitrogen and oxygen atoms in total. The van der Waals surface area contributed by atoms with Crippen molar-refractivity contribution < 1.29 is 24.9 Å². The third kappa shape index (κ3) is 4.87. The van der Waals surface area contributed by atoms with Gasteiger partial charge in [0.25, 0.3) is 5.91 Å². The molecule has 0 bridgehead atoms. The highest BCUT2D eigenvalue weighted by Crippen LogP contribution is 2.21. The van der Waals surface area contributed by atoms with Gasteiger partial charge < -0.3 is 20.6 Å². The molecule has 1 rings (SSSR count). The molecule has 0 aliphatic heterocycles. The molecule has 0 saturated carbocycles. The van der Waals surface area contributed by atoms with Crippen molar-refractivity contribution in [2.24, 2.45) is 0 Å². The van der Waals surface area contributed by atoms with Crippen molar-refractivity contribution in [3.05, 3.63) is 23.8 Å². The fourth-order valence-electron chi connectivity index (χ4n) is 1.59. The number of hydrogen-bond donors (Lipinski definition) is 4. The van der Waals surface area contributed by atoms with Gasteiger partial charge in [0.2, 0.25) is 0 Å². The van der Waals surface area contributed by atoms with E-state index in [1.807, 2.05) is 0 Å². The van der Waals surface area contributed by atoms with E-state index in [4.69, 9.17) is 5.11 Å². The van der Waals surface area contributed by atoms with Crippen LogP contribution in [0.15, 0.2) is 18.2 Å². The van der Waals surface area contributed by atoms with Crippen molar-refractivity contribution in [3.8, 4) is 11.5 Å². The summed E-state index contributed by atoms with van der Waals surface area (Å²) in [7, 11) is 0. The van der Waals surface area contributed by atoms with Crippen LogP contribution in [0.4, 0.5) is 0 Å². The first-order valence-corrected chi connectivity index (χ1v) is 5.77. The van der Waals surface area contributed by atoms with Gasteiger partial charge in [0.1, 0.15) is 11.5 Å². The van der Waals surface area contributed by atoms with Crippen LogP contribution >= 0.6 is 0 Å². The molecule has 1 aromatic carbocycles. The lowest BCUT2D eigenvalue weighted by Crippen LogP contribution is -2.43. The number of carboxylic acids is 1. The SMILES string of the molecule is CC(C)(CCC(=O)O)NC(=O)c1cc(O)cc(O)c1. The molecular formula is C13H17NO5. The minimum absolute atomic E-state index is 0.0570. The number of phenols is 2. The van der Waals surface area contributed by atoms with Crippen molar-refractivity contribution in [1.82, 2.24) is 5.32 Å². The highest BCUT2D eigenvalue weighted by molar-refractivity contribution is 5.95. The molecule has 0 unspecified atom stereocenters. The molecule has 1 amide bonds. The van der Waals surface area contributed by atoms with Gasteiger partial charge in [0.15, 0.2) is 0 Å². The van der Waals surface area contributed by atoms with Gasteiger partial charge in [-0.05, 0) is 32.4 Å². The summed E-state index contributed by atoms with van der Waals surface area (Å²) in [6.07, 6.45) is 0.220. The first-order valence-electron chi connectivity index (χ1n) is 5.77. The first-order chi connectivity index (χ1) is 8.69. The maximum atomic E-state index is 11.9. The Morgan fingerprint density at radius 2 is 1.68 bits per heavy atom. The van der Waals surface area contributed by atoms with E-state index >= 15 is 0 Å². The van der Waals surface area contributed by atoms with E-state index in [9.17, 15) is 19.8 Å². The predicted octanol–water partition coefficient (Wildman–Crippen LogP) is 1.47. The molecule has 0 fully saturated rings. The number of carbonyl (C=O) groups is 2. The summed E-state index contributed by atoms with van der Waals surface area (Å²) >= 11 is 0. The van der Waals surface area contributed by atoms with Crippen LogP contribution in [0.1, 0.15) is 37.0 Å². The number of aliphatic carboxylic acids is 1. The van der Waals surface area contributed by atoms with Crippen molar-refractivity contribution >= 4 is 11.9 Å². The highest BCUT2D eigenvalue weighted by atomic mass is 16.4. The van der Waals surface area contributed by atoms with Gasteiger partial charge in [-0.3, -0.25) is 9.59 Å². The standard InChI is InChI=1S/C13H17NO5/c1-13(2,4-3-11(17)18)14-12(19)8-5-9(15)7-10(16)6-8/h5-7,15-16H,3-4H2,1-2H3,(H,14,19)(H,17,18). The number of aromatic hydroxyl groups is 2. The number of nitrogens with one attached hydrogen (secondary N) is 1. The fraction of sp³-hybridized carbons (Fsp3) is 0.385. The summed E-state index contributed by atoms with van der Waals surface area (Å²) in [5.74, 6) is -1.85. The quantitative estimate of drug-likeness (QED) is 0.646. The molecular weight excluding hydrogens is 250 g/mol. The summed E-state index contributed by atoms with van der Waals surface area (Å²) in [5.41, 5.74) is -0.586. The molecule has 4 N–H and O–H groups in total. The minimum atomic E-state index is -0.933. The van der Waals surface area contributed by atoms with Crippen LogP contribution in [0, 0.1) is 0 Å². The number of carboxylic acid groups (broad SMARTS) is 1. The largest absolute Gasteiger partial charge is 0.508 e. The third-order valence-electron chi connectivity index (χ3n) is 2.58. The zero-order chi connectivity index (χ0) is 14.6. The van der Waals surface area contributed by atoms with Gasteiger partial charge in [-0.1, -0.05) is 0 Å². The van der Waals surface area contributed by atoms with Crippen LogP contribution in [0.5, 0.6) is 11.5 Å². The van der Waals surface area contributed by atoms with Crippen molar-refractivity contribution in [3.63, 3.8) is 0 Å². The monoisotopic (exact) mass is 267 g/mol. The van der Waals surface area contributed by atoms with E-state index in [2.05, 4.69) is 5.32 Å². The molecule has 1 aromatic rings. The Bertz CT molecular complexity index is 476. The second-order valence-electron chi connectivity index (χ2n) is 4.97. The zero-order valence-electron chi connectivity index (χ0n) is 10.8. The molecule has 6 heteroatoms. The lowest BCUT2D eigenvalue weighted by molar-refractivity contribution is -0.137. The van der Waals surface area contributed by atoms with Gasteiger partial charge >= 0.3 is 5.97 Å². The molecule has 0 aromatic heterocycles. The Kier molecular flexibility index (Phi) is 4.37. The Morgan fingerprint density at radius 1 is 1.16 bits per heavy atom. The van der Waals surface area contributed by atoms with Crippen molar-refractivity contribution in [2.45, 2.75) is 32.2 Å². The van der Waals surface area contributed by atoms with Crippen molar-refractivity contribution in [2.75, 3.05) is 0 Å². The number of hydrogen-bond acceptors (Lipinski definition) is 4. The van der Waals surface area contributed by atoms with Gasteiger partial charge in [-0.2, -0.15) is 0 Å². The summed E-state index contributed by atoms with van der Waals surface area (Å²) in [4.78, 5) is 22.4. The van der Waals surface area contributed by atoms with Gasteiger partial charge in [-0.25, -0.2) is 0 Å². The van der Waals surface area contributed by atoms with Gasteiger partial charge in [0, 0.05) is 23.6 Å². The normalized spacial score (nSPS) is 11.1. The van der Waals surface area contributed by atoms with Crippen molar-refractivity contribution in [1.29, 1.82) is 0 Å². The van der Waals surface area contributed by atoms with Crippen LogP contribution < -0.4 is 5.32 Å². The summed E-state index contributed by atoms with van der Waals surface area (Å²) < 4.78 is 0. The predicted molar refractivity (Wildman–Crippen MR) is 68.2 cm³/mol. The van der Waals surface area contributed by atoms with E-state index in [1.165, 1.54) is 12.1 Å². The van der Waals surface area contributed by atoms with Gasteiger partial charge in [-0.15, -0.1) is 0 Å². The van der Waals surface area contributed by atoms with E-state index < -0.39 is 17.4 Å². The molecule has 0 atom stereocenters. The summed E-state index contributed by atoms with van der Waals surface area (Å²) in [6, 6.07) is 3.57. The third-order valence-corrected chi connectivity index (χ3v) is 2.58. The number of amides is 1. The highest BCUT2D eigenvalue weighted by Gasteiger charge is 2.22. The molecule has 0 saturated heterocycles. The first kappa shape index (κ1) is 14.8. The molecule has 0 aliphatic carbocycles. The molecule has 0 spiro atoms. The molecule has 0 heterocycles. The Balaban J connectivity index is 2.75. The minimum Gasteiger partial charge on any atom is -0.508 e. The number of benzene rings is 1. The van der Waals surface area contributed by atoms with Crippen LogP contribution in [0.3, 0.4) is 0 Å². The molecule has 0 radical (unpaired) electrons. The average molecular weight is 267 g/mol. The van der Waals surface area contributed by atoms with Crippen LogP contribution in [0.25, 0.3) is 0 Å². The zero-order valence-corrected chi connectivity index (χ0v) is 10.8. The topological polar surface area (TPSA) is 107 Å².